The van der Waals surface area contributed by atoms with Crippen molar-refractivity contribution in [2.45, 2.75) is 24.2 Å². The van der Waals surface area contributed by atoms with Crippen LogP contribution in [0.5, 0.6) is 5.75 Å². The lowest BCUT2D eigenvalue weighted by Crippen LogP contribution is -2.57. The predicted octanol–water partition coefficient (Wildman–Crippen LogP) is -0.884. The van der Waals surface area contributed by atoms with Crippen molar-refractivity contribution >= 4 is 11.8 Å². The van der Waals surface area contributed by atoms with E-state index in [0.717, 1.165) is 18.7 Å². The summed E-state index contributed by atoms with van der Waals surface area (Å²) in [6, 6.07) is 6.63. The van der Waals surface area contributed by atoms with E-state index in [0.29, 0.717) is 37.6 Å². The van der Waals surface area contributed by atoms with Crippen LogP contribution in [0.2, 0.25) is 0 Å². The highest BCUT2D eigenvalue weighted by atomic mass is 16.5. The van der Waals surface area contributed by atoms with E-state index in [2.05, 4.69) is 10.2 Å². The van der Waals surface area contributed by atoms with Gasteiger partial charge in [-0.15, -0.1) is 0 Å². The lowest BCUT2D eigenvalue weighted by molar-refractivity contribution is -0.141. The van der Waals surface area contributed by atoms with E-state index in [9.17, 15) is 19.8 Å². The maximum atomic E-state index is 13.1. The van der Waals surface area contributed by atoms with Crippen LogP contribution in [0, 0.1) is 0 Å². The summed E-state index contributed by atoms with van der Waals surface area (Å²) in [5, 5.41) is 23.3. The third-order valence-electron chi connectivity index (χ3n) is 6.59. The molecule has 1 saturated heterocycles. The molecule has 2 aliphatic heterocycles. The number of morpholine rings is 1. The fraction of sp³-hybridized carbons (Fsp3) is 0.583. The van der Waals surface area contributed by atoms with Crippen LogP contribution in [0.15, 0.2) is 35.9 Å². The van der Waals surface area contributed by atoms with E-state index in [-0.39, 0.29) is 31.6 Å². The standard InChI is InChI=1S/C24H33N3O7/c1-32-15-20(29)27(8-7-26-9-12-33-13-10-26)18-14-17(24(31)25-6-11-28)21-16-4-2-3-5-19(16)34-23(21)22(18)30/h2-5,14,18,21-23,28,30H,6-13,15H2,1H3,(H,25,31). The number of amides is 2. The molecular weight excluding hydrogens is 442 g/mol. The van der Waals surface area contributed by atoms with E-state index < -0.39 is 24.2 Å². The monoisotopic (exact) mass is 475 g/mol. The number of para-hydroxylation sites is 1. The Kier molecular flexibility index (Phi) is 8.17. The summed E-state index contributed by atoms with van der Waals surface area (Å²) in [4.78, 5) is 29.9. The molecule has 10 nitrogen and oxygen atoms in total. The fourth-order valence-corrected chi connectivity index (χ4v) is 4.91. The second-order valence-electron chi connectivity index (χ2n) is 8.65. The normalized spacial score (nSPS) is 26.1. The first-order valence-corrected chi connectivity index (χ1v) is 11.7. The Bertz CT molecular complexity index is 902. The van der Waals surface area contributed by atoms with Crippen molar-refractivity contribution < 1.29 is 34.0 Å². The Hall–Kier alpha value is -2.50. The van der Waals surface area contributed by atoms with E-state index in [1.54, 1.807) is 11.0 Å². The number of ether oxygens (including phenoxy) is 3. The summed E-state index contributed by atoms with van der Waals surface area (Å²) >= 11 is 0. The topological polar surface area (TPSA) is 121 Å². The Morgan fingerprint density at radius 2 is 2.03 bits per heavy atom. The van der Waals surface area contributed by atoms with Crippen LogP contribution in [-0.2, 0) is 19.1 Å². The summed E-state index contributed by atoms with van der Waals surface area (Å²) in [7, 11) is 1.45. The molecule has 3 aliphatic rings. The Morgan fingerprint density at radius 1 is 1.26 bits per heavy atom. The summed E-state index contributed by atoms with van der Waals surface area (Å²) in [5.41, 5.74) is 1.23. The Morgan fingerprint density at radius 3 is 2.76 bits per heavy atom. The minimum absolute atomic E-state index is 0.104. The number of benzene rings is 1. The predicted molar refractivity (Wildman–Crippen MR) is 122 cm³/mol. The molecule has 0 spiro atoms. The van der Waals surface area contributed by atoms with Gasteiger partial charge in [-0.25, -0.2) is 0 Å². The molecule has 3 N–H and O–H groups in total. The number of rotatable bonds is 9. The van der Waals surface area contributed by atoms with Gasteiger partial charge >= 0.3 is 0 Å². The molecule has 186 valence electrons. The smallest absolute Gasteiger partial charge is 0.249 e. The molecule has 0 aromatic heterocycles. The molecule has 2 heterocycles. The molecular formula is C24H33N3O7. The minimum Gasteiger partial charge on any atom is -0.486 e. The summed E-state index contributed by atoms with van der Waals surface area (Å²) < 4.78 is 16.6. The van der Waals surface area contributed by atoms with Crippen LogP contribution >= 0.6 is 0 Å². The highest BCUT2D eigenvalue weighted by Gasteiger charge is 2.50. The molecule has 2 amide bonds. The number of fused-ring (bicyclic) bond motifs is 3. The molecule has 1 aliphatic carbocycles. The number of aliphatic hydroxyl groups excluding tert-OH is 2. The zero-order valence-corrected chi connectivity index (χ0v) is 19.4. The molecule has 1 aromatic carbocycles. The molecule has 0 saturated carbocycles. The van der Waals surface area contributed by atoms with Gasteiger partial charge in [-0.3, -0.25) is 14.5 Å². The molecule has 34 heavy (non-hydrogen) atoms. The second kappa shape index (κ2) is 11.3. The summed E-state index contributed by atoms with van der Waals surface area (Å²) in [6.07, 6.45) is -0.0857. The quantitative estimate of drug-likeness (QED) is 0.421. The molecule has 4 unspecified atom stereocenters. The average molecular weight is 476 g/mol. The molecule has 4 atom stereocenters. The van der Waals surface area contributed by atoms with Gasteiger partial charge < -0.3 is 34.6 Å². The molecule has 1 fully saturated rings. The number of hydrogen-bond donors (Lipinski definition) is 3. The third-order valence-corrected chi connectivity index (χ3v) is 6.59. The van der Waals surface area contributed by atoms with Gasteiger partial charge in [-0.1, -0.05) is 18.2 Å². The van der Waals surface area contributed by atoms with Crippen molar-refractivity contribution in [3.05, 3.63) is 41.5 Å². The third kappa shape index (κ3) is 5.11. The van der Waals surface area contributed by atoms with Gasteiger partial charge in [0.1, 0.15) is 24.6 Å². The first-order valence-electron chi connectivity index (χ1n) is 11.7. The first kappa shape index (κ1) is 24.6. The first-order chi connectivity index (χ1) is 16.5. The van der Waals surface area contributed by atoms with Crippen molar-refractivity contribution in [2.75, 3.05) is 66.3 Å². The van der Waals surface area contributed by atoms with Gasteiger partial charge in [0.25, 0.3) is 0 Å². The number of methoxy groups -OCH3 is 1. The Labute approximate surface area is 199 Å². The maximum absolute atomic E-state index is 13.1. The number of hydrogen-bond acceptors (Lipinski definition) is 8. The molecule has 0 bridgehead atoms. The largest absolute Gasteiger partial charge is 0.486 e. The average Bonchev–Trinajstić information content (AvgIpc) is 3.25. The molecule has 0 radical (unpaired) electrons. The van der Waals surface area contributed by atoms with Crippen LogP contribution in [0.3, 0.4) is 0 Å². The maximum Gasteiger partial charge on any atom is 0.249 e. The highest BCUT2D eigenvalue weighted by molar-refractivity contribution is 5.96. The molecule has 1 aromatic rings. The van der Waals surface area contributed by atoms with Crippen molar-refractivity contribution in [3.8, 4) is 5.75 Å². The lowest BCUT2D eigenvalue weighted by atomic mass is 9.77. The zero-order chi connectivity index (χ0) is 24.1. The van der Waals surface area contributed by atoms with Gasteiger partial charge in [0.15, 0.2) is 0 Å². The van der Waals surface area contributed by atoms with Gasteiger partial charge in [-0.05, 0) is 12.1 Å². The minimum atomic E-state index is -1.04. The van der Waals surface area contributed by atoms with E-state index >= 15 is 0 Å². The van der Waals surface area contributed by atoms with E-state index in [1.165, 1.54) is 7.11 Å². The number of nitrogens with one attached hydrogen (secondary N) is 1. The second-order valence-corrected chi connectivity index (χ2v) is 8.65. The molecule has 4 rings (SSSR count). The van der Waals surface area contributed by atoms with Crippen molar-refractivity contribution in [1.29, 1.82) is 0 Å². The number of carbonyl (C=O) groups is 2. The van der Waals surface area contributed by atoms with Gasteiger partial charge in [0, 0.05) is 51.0 Å². The fourth-order valence-electron chi connectivity index (χ4n) is 4.91. The van der Waals surface area contributed by atoms with Crippen LogP contribution < -0.4 is 10.1 Å². The molecule has 10 heteroatoms. The van der Waals surface area contributed by atoms with Gasteiger partial charge in [-0.2, -0.15) is 0 Å². The van der Waals surface area contributed by atoms with Crippen LogP contribution in [0.4, 0.5) is 0 Å². The van der Waals surface area contributed by atoms with Crippen molar-refractivity contribution in [1.82, 2.24) is 15.1 Å². The van der Waals surface area contributed by atoms with Crippen LogP contribution in [0.25, 0.3) is 0 Å². The highest BCUT2D eigenvalue weighted by Crippen LogP contribution is 2.47. The van der Waals surface area contributed by atoms with Crippen LogP contribution in [-0.4, -0.2) is 116 Å². The zero-order valence-electron chi connectivity index (χ0n) is 19.4. The van der Waals surface area contributed by atoms with Gasteiger partial charge in [0.2, 0.25) is 11.8 Å². The number of nitrogens with zero attached hydrogens (tertiary/aromatic N) is 2. The van der Waals surface area contributed by atoms with Gasteiger partial charge in [0.05, 0.1) is 31.8 Å². The number of aliphatic hydroxyl groups is 2. The Balaban J connectivity index is 1.65. The van der Waals surface area contributed by atoms with E-state index in [1.807, 2.05) is 24.3 Å². The summed E-state index contributed by atoms with van der Waals surface area (Å²) in [5.74, 6) is -0.491. The number of carbonyl (C=O) groups excluding carboxylic acids is 2. The summed E-state index contributed by atoms with van der Waals surface area (Å²) in [6.45, 7) is 3.57. The van der Waals surface area contributed by atoms with Crippen molar-refractivity contribution in [2.24, 2.45) is 0 Å². The lowest BCUT2D eigenvalue weighted by Gasteiger charge is -2.41. The SMILES string of the molecule is COCC(=O)N(CCN1CCOCC1)C1C=C(C(=O)NCCO)C2c3ccccc3OC2C1O. The van der Waals surface area contributed by atoms with Crippen molar-refractivity contribution in [3.63, 3.8) is 0 Å². The van der Waals surface area contributed by atoms with E-state index in [4.69, 9.17) is 14.2 Å². The van der Waals surface area contributed by atoms with Crippen LogP contribution in [0.1, 0.15) is 11.5 Å².